The van der Waals surface area contributed by atoms with Gasteiger partial charge in [0.25, 0.3) is 5.91 Å². The maximum atomic E-state index is 12.5. The SMILES string of the molecule is CN1N=C(C(=O)N2CCN(S(=O)(=O)C=Cc3ccccc3)CC2)CCC1=O. The highest BCUT2D eigenvalue weighted by Crippen LogP contribution is 2.14. The molecule has 1 fully saturated rings. The third-order valence-electron chi connectivity index (χ3n) is 4.57. The van der Waals surface area contributed by atoms with E-state index in [9.17, 15) is 18.0 Å². The van der Waals surface area contributed by atoms with Crippen molar-refractivity contribution in [3.63, 3.8) is 0 Å². The van der Waals surface area contributed by atoms with Gasteiger partial charge in [0.2, 0.25) is 15.9 Å². The predicted octanol–water partition coefficient (Wildman–Crippen LogP) is 0.739. The summed E-state index contributed by atoms with van der Waals surface area (Å²) in [5, 5.41) is 6.42. The van der Waals surface area contributed by atoms with Crippen LogP contribution in [0.4, 0.5) is 0 Å². The zero-order valence-electron chi connectivity index (χ0n) is 15.1. The van der Waals surface area contributed by atoms with Crippen LogP contribution < -0.4 is 0 Å². The van der Waals surface area contributed by atoms with Crippen molar-refractivity contribution in [2.24, 2.45) is 5.10 Å². The van der Waals surface area contributed by atoms with Crippen LogP contribution in [0.5, 0.6) is 0 Å². The average Bonchev–Trinajstić information content (AvgIpc) is 2.69. The summed E-state index contributed by atoms with van der Waals surface area (Å²) in [6.07, 6.45) is 2.15. The van der Waals surface area contributed by atoms with Crippen LogP contribution in [-0.2, 0) is 19.6 Å². The first-order chi connectivity index (χ1) is 12.9. The quantitative estimate of drug-likeness (QED) is 0.758. The van der Waals surface area contributed by atoms with Crippen LogP contribution in [0.3, 0.4) is 0 Å². The number of hydrogen-bond acceptors (Lipinski definition) is 5. The van der Waals surface area contributed by atoms with E-state index in [2.05, 4.69) is 5.10 Å². The fraction of sp³-hybridized carbons (Fsp3) is 0.389. The van der Waals surface area contributed by atoms with Crippen LogP contribution in [0.15, 0.2) is 40.8 Å². The second kappa shape index (κ2) is 8.01. The van der Waals surface area contributed by atoms with E-state index in [4.69, 9.17) is 0 Å². The van der Waals surface area contributed by atoms with Crippen LogP contribution in [0.2, 0.25) is 0 Å². The van der Waals surface area contributed by atoms with Gasteiger partial charge in [-0.2, -0.15) is 9.41 Å². The van der Waals surface area contributed by atoms with Gasteiger partial charge in [-0.25, -0.2) is 13.4 Å². The normalized spacial score (nSPS) is 19.4. The first-order valence-corrected chi connectivity index (χ1v) is 10.2. The highest BCUT2D eigenvalue weighted by molar-refractivity contribution is 7.92. The number of benzene rings is 1. The standard InChI is InChI=1S/C18H22N4O4S/c1-20-17(23)8-7-16(19-20)18(24)21-10-12-22(13-11-21)27(25,26)14-9-15-5-3-2-4-6-15/h2-6,9,14H,7-8,10-13H2,1H3. The van der Waals surface area contributed by atoms with Gasteiger partial charge < -0.3 is 4.90 Å². The van der Waals surface area contributed by atoms with Gasteiger partial charge in [0.1, 0.15) is 5.71 Å². The van der Waals surface area contributed by atoms with Crippen molar-refractivity contribution in [1.82, 2.24) is 14.2 Å². The molecule has 0 N–H and O–H groups in total. The number of rotatable bonds is 4. The second-order valence-corrected chi connectivity index (χ2v) is 8.23. The predicted molar refractivity (Wildman–Crippen MR) is 102 cm³/mol. The fourth-order valence-corrected chi connectivity index (χ4v) is 4.14. The van der Waals surface area contributed by atoms with E-state index < -0.39 is 10.0 Å². The minimum atomic E-state index is -3.54. The topological polar surface area (TPSA) is 90.4 Å². The maximum absolute atomic E-state index is 12.5. The Bertz CT molecular complexity index is 872. The lowest BCUT2D eigenvalue weighted by molar-refractivity contribution is -0.130. The number of hydrazone groups is 1. The van der Waals surface area contributed by atoms with Gasteiger partial charge in [-0.15, -0.1) is 0 Å². The molecular formula is C18H22N4O4S. The van der Waals surface area contributed by atoms with Crippen LogP contribution in [-0.4, -0.2) is 73.4 Å². The Labute approximate surface area is 158 Å². The monoisotopic (exact) mass is 390 g/mol. The molecule has 1 aromatic carbocycles. The summed E-state index contributed by atoms with van der Waals surface area (Å²) in [5.41, 5.74) is 1.15. The van der Waals surface area contributed by atoms with Gasteiger partial charge in [0.15, 0.2) is 0 Å². The summed E-state index contributed by atoms with van der Waals surface area (Å²) in [4.78, 5) is 25.6. The Hall–Kier alpha value is -2.52. The molecular weight excluding hydrogens is 368 g/mol. The first kappa shape index (κ1) is 19.2. The summed E-state index contributed by atoms with van der Waals surface area (Å²) in [5.74, 6) is -0.348. The van der Waals surface area contributed by atoms with Crippen LogP contribution in [0, 0.1) is 0 Å². The smallest absolute Gasteiger partial charge is 0.270 e. The summed E-state index contributed by atoms with van der Waals surface area (Å²) in [7, 11) is -2.01. The van der Waals surface area contributed by atoms with E-state index in [1.54, 1.807) is 11.0 Å². The van der Waals surface area contributed by atoms with E-state index >= 15 is 0 Å². The molecule has 2 aliphatic rings. The molecule has 27 heavy (non-hydrogen) atoms. The Morgan fingerprint density at radius 2 is 1.74 bits per heavy atom. The van der Waals surface area contributed by atoms with E-state index in [1.165, 1.54) is 21.8 Å². The molecule has 2 amide bonds. The molecule has 0 aliphatic carbocycles. The van der Waals surface area contributed by atoms with Gasteiger partial charge in [0, 0.05) is 51.5 Å². The molecule has 0 aromatic heterocycles. The van der Waals surface area contributed by atoms with Crippen molar-refractivity contribution in [3.8, 4) is 0 Å². The molecule has 0 saturated carbocycles. The average molecular weight is 390 g/mol. The highest BCUT2D eigenvalue weighted by atomic mass is 32.2. The number of piperazine rings is 1. The molecule has 2 heterocycles. The van der Waals surface area contributed by atoms with Crippen LogP contribution in [0.25, 0.3) is 6.08 Å². The Balaban J connectivity index is 1.60. The van der Waals surface area contributed by atoms with Gasteiger partial charge in [-0.1, -0.05) is 30.3 Å². The number of amides is 2. The lowest BCUT2D eigenvalue weighted by Gasteiger charge is -2.34. The van der Waals surface area contributed by atoms with Gasteiger partial charge in [-0.3, -0.25) is 9.59 Å². The lowest BCUT2D eigenvalue weighted by Crippen LogP contribution is -2.52. The lowest BCUT2D eigenvalue weighted by atomic mass is 10.1. The Morgan fingerprint density at radius 1 is 1.07 bits per heavy atom. The van der Waals surface area contributed by atoms with Crippen molar-refractivity contribution in [3.05, 3.63) is 41.3 Å². The van der Waals surface area contributed by atoms with Crippen LogP contribution in [0.1, 0.15) is 18.4 Å². The van der Waals surface area contributed by atoms with Gasteiger partial charge >= 0.3 is 0 Å². The second-order valence-electron chi connectivity index (χ2n) is 6.41. The molecule has 0 spiro atoms. The molecule has 1 saturated heterocycles. The number of nitrogens with zero attached hydrogens (tertiary/aromatic N) is 4. The molecule has 1 aromatic rings. The molecule has 9 heteroatoms. The molecule has 0 radical (unpaired) electrons. The molecule has 3 rings (SSSR count). The minimum absolute atomic E-state index is 0.118. The Kier molecular flexibility index (Phi) is 5.71. The van der Waals surface area contributed by atoms with Crippen LogP contribution >= 0.6 is 0 Å². The van der Waals surface area contributed by atoms with E-state index in [-0.39, 0.29) is 31.3 Å². The molecule has 2 aliphatic heterocycles. The zero-order chi connectivity index (χ0) is 19.4. The first-order valence-electron chi connectivity index (χ1n) is 8.73. The molecule has 8 nitrogen and oxygen atoms in total. The summed E-state index contributed by atoms with van der Waals surface area (Å²) < 4.78 is 26.3. The third-order valence-corrected chi connectivity index (χ3v) is 6.14. The molecule has 144 valence electrons. The van der Waals surface area contributed by atoms with E-state index in [0.717, 1.165) is 5.56 Å². The Morgan fingerprint density at radius 3 is 2.37 bits per heavy atom. The third kappa shape index (κ3) is 4.61. The number of sulfonamides is 1. The summed E-state index contributed by atoms with van der Waals surface area (Å²) in [6, 6.07) is 9.21. The number of hydrogen-bond donors (Lipinski definition) is 0. The van der Waals surface area contributed by atoms with Crippen molar-refractivity contribution in [2.75, 3.05) is 33.2 Å². The van der Waals surface area contributed by atoms with Crippen molar-refractivity contribution in [1.29, 1.82) is 0 Å². The molecule has 0 unspecified atom stereocenters. The number of carbonyl (C=O) groups is 2. The van der Waals surface area contributed by atoms with Crippen molar-refractivity contribution in [2.45, 2.75) is 12.8 Å². The van der Waals surface area contributed by atoms with E-state index in [0.29, 0.717) is 25.2 Å². The van der Waals surface area contributed by atoms with Gasteiger partial charge in [0.05, 0.1) is 0 Å². The van der Waals surface area contributed by atoms with Crippen molar-refractivity contribution < 1.29 is 18.0 Å². The molecule has 0 bridgehead atoms. The fourth-order valence-electron chi connectivity index (χ4n) is 2.97. The summed E-state index contributed by atoms with van der Waals surface area (Å²) in [6.45, 7) is 1.06. The number of carbonyl (C=O) groups excluding carboxylic acids is 2. The zero-order valence-corrected chi connectivity index (χ0v) is 15.9. The largest absolute Gasteiger partial charge is 0.335 e. The minimum Gasteiger partial charge on any atom is -0.335 e. The maximum Gasteiger partial charge on any atom is 0.270 e. The molecule has 0 atom stereocenters. The highest BCUT2D eigenvalue weighted by Gasteiger charge is 2.31. The summed E-state index contributed by atoms with van der Waals surface area (Å²) >= 11 is 0. The van der Waals surface area contributed by atoms with Gasteiger partial charge in [-0.05, 0) is 11.6 Å². The van der Waals surface area contributed by atoms with E-state index in [1.807, 2.05) is 30.3 Å². The van der Waals surface area contributed by atoms with Crippen molar-refractivity contribution >= 4 is 33.6 Å².